The lowest BCUT2D eigenvalue weighted by molar-refractivity contribution is -0.137. The number of hydrogen-bond acceptors (Lipinski definition) is 6. The van der Waals surface area contributed by atoms with Crippen molar-refractivity contribution in [3.63, 3.8) is 0 Å². The summed E-state index contributed by atoms with van der Waals surface area (Å²) < 4.78 is 16.8. The summed E-state index contributed by atoms with van der Waals surface area (Å²) in [5, 5.41) is 18.1. The molecule has 0 aromatic heterocycles. The molecule has 0 bridgehead atoms. The van der Waals surface area contributed by atoms with Crippen LogP contribution in [0.5, 0.6) is 11.5 Å². The Kier molecular flexibility index (Phi) is 9.08. The number of hydrogen-bond donors (Lipinski definition) is 2. The predicted octanol–water partition coefficient (Wildman–Crippen LogP) is 6.52. The Labute approximate surface area is 239 Å². The maximum Gasteiger partial charge on any atom is 0.508 e. The monoisotopic (exact) mass is 557 g/mol. The zero-order chi connectivity index (χ0) is 28.6. The number of para-hydroxylation sites is 1. The van der Waals surface area contributed by atoms with Gasteiger partial charge in [-0.3, -0.25) is 4.79 Å². The number of carboxylic acid groups (broad SMARTS) is 2. The minimum atomic E-state index is -1.43. The highest BCUT2D eigenvalue weighted by atomic mass is 16.8. The van der Waals surface area contributed by atoms with Crippen LogP contribution < -0.4 is 14.4 Å². The fourth-order valence-corrected chi connectivity index (χ4v) is 5.58. The number of rotatable bonds is 12. The molecule has 0 saturated heterocycles. The van der Waals surface area contributed by atoms with Crippen LogP contribution >= 0.6 is 0 Å². The van der Waals surface area contributed by atoms with Crippen LogP contribution in [0.2, 0.25) is 0 Å². The van der Waals surface area contributed by atoms with Gasteiger partial charge in [-0.25, -0.2) is 4.79 Å². The molecule has 0 fully saturated rings. The molecule has 1 unspecified atom stereocenters. The Hall–Kier alpha value is -4.46. The van der Waals surface area contributed by atoms with Gasteiger partial charge in [0.05, 0.1) is 18.8 Å². The zero-order valence-electron chi connectivity index (χ0n) is 22.9. The van der Waals surface area contributed by atoms with Crippen LogP contribution in [-0.2, 0) is 22.4 Å². The van der Waals surface area contributed by atoms with Crippen LogP contribution in [0.15, 0.2) is 66.7 Å². The minimum Gasteiger partial charge on any atom is -0.494 e. The van der Waals surface area contributed by atoms with Crippen molar-refractivity contribution >= 4 is 30.0 Å². The molecule has 41 heavy (non-hydrogen) atoms. The standard InChI is InChI=1S/C33H35NO7/c35-30(36)11-4-18-34-22-31(41-33(37)38)40-32-25(9-3-10-29(32)34)15-12-23-13-16-28(17-14-23)39-19-5-6-24-20-26-7-1-2-8-27(26)21-24/h1-3,7-10,12-17,24,31H,4-6,11,18-22H2,(H,35,36)(H,37,38)/b15-12+. The maximum absolute atomic E-state index is 11.2. The molecule has 2 aliphatic rings. The van der Waals surface area contributed by atoms with Crippen LogP contribution in [0.3, 0.4) is 0 Å². The van der Waals surface area contributed by atoms with Crippen molar-refractivity contribution in [2.45, 2.75) is 44.8 Å². The molecule has 1 aliphatic heterocycles. The predicted molar refractivity (Wildman–Crippen MR) is 156 cm³/mol. The molecule has 1 atom stereocenters. The third-order valence-electron chi connectivity index (χ3n) is 7.53. The minimum absolute atomic E-state index is 0.0196. The Morgan fingerprint density at radius 2 is 1.68 bits per heavy atom. The van der Waals surface area contributed by atoms with Crippen molar-refractivity contribution < 1.29 is 34.0 Å². The first-order chi connectivity index (χ1) is 19.9. The van der Waals surface area contributed by atoms with E-state index < -0.39 is 18.4 Å². The average molecular weight is 558 g/mol. The summed E-state index contributed by atoms with van der Waals surface area (Å²) in [6.07, 6.45) is 6.38. The van der Waals surface area contributed by atoms with E-state index in [4.69, 9.17) is 24.4 Å². The van der Waals surface area contributed by atoms with Gasteiger partial charge in [0.25, 0.3) is 6.29 Å². The van der Waals surface area contributed by atoms with Gasteiger partial charge in [0, 0.05) is 18.5 Å². The van der Waals surface area contributed by atoms with Crippen molar-refractivity contribution in [1.82, 2.24) is 0 Å². The smallest absolute Gasteiger partial charge is 0.494 e. The van der Waals surface area contributed by atoms with E-state index in [0.717, 1.165) is 35.4 Å². The van der Waals surface area contributed by atoms with Gasteiger partial charge in [0.2, 0.25) is 0 Å². The summed E-state index contributed by atoms with van der Waals surface area (Å²) in [5.74, 6) is 1.17. The number of aliphatic carboxylic acids is 1. The first-order valence-electron chi connectivity index (χ1n) is 14.1. The molecular formula is C33H35NO7. The molecule has 8 heteroatoms. The number of carbonyl (C=O) groups is 2. The van der Waals surface area contributed by atoms with Gasteiger partial charge in [0.15, 0.2) is 5.75 Å². The molecule has 0 amide bonds. The Balaban J connectivity index is 1.17. The highest BCUT2D eigenvalue weighted by Gasteiger charge is 2.29. The van der Waals surface area contributed by atoms with Gasteiger partial charge < -0.3 is 29.3 Å². The Bertz CT molecular complexity index is 1360. The van der Waals surface area contributed by atoms with E-state index in [-0.39, 0.29) is 13.0 Å². The van der Waals surface area contributed by atoms with Gasteiger partial charge >= 0.3 is 12.1 Å². The fraction of sp³-hybridized carbons (Fsp3) is 0.333. The molecule has 3 aromatic rings. The number of anilines is 1. The first kappa shape index (κ1) is 28.1. The lowest BCUT2D eigenvalue weighted by Crippen LogP contribution is -2.43. The lowest BCUT2D eigenvalue weighted by Gasteiger charge is -2.35. The second kappa shape index (κ2) is 13.3. The van der Waals surface area contributed by atoms with Crippen molar-refractivity contribution in [3.05, 3.63) is 89.0 Å². The SMILES string of the molecule is O=C(O)CCCN1CC(OC(=O)O)Oc2c(/C=C/c3ccc(OCCCC4Cc5ccccc5C4)cc3)cccc21. The third kappa shape index (κ3) is 7.60. The third-order valence-corrected chi connectivity index (χ3v) is 7.53. The normalized spacial score (nSPS) is 16.2. The van der Waals surface area contributed by atoms with Crippen LogP contribution in [0.1, 0.15) is 47.9 Å². The van der Waals surface area contributed by atoms with Crippen LogP contribution in [0.25, 0.3) is 12.2 Å². The quantitative estimate of drug-likeness (QED) is 0.147. The van der Waals surface area contributed by atoms with Crippen LogP contribution in [0.4, 0.5) is 10.5 Å². The second-order valence-corrected chi connectivity index (χ2v) is 10.5. The number of fused-ring (bicyclic) bond motifs is 2. The second-order valence-electron chi connectivity index (χ2n) is 10.5. The van der Waals surface area contributed by atoms with Gasteiger partial charge in [-0.15, -0.1) is 0 Å². The van der Waals surface area contributed by atoms with E-state index in [2.05, 4.69) is 24.3 Å². The van der Waals surface area contributed by atoms with E-state index >= 15 is 0 Å². The van der Waals surface area contributed by atoms with E-state index in [1.165, 1.54) is 24.0 Å². The first-order valence-corrected chi connectivity index (χ1v) is 14.1. The number of carboxylic acids is 1. The Morgan fingerprint density at radius 3 is 2.39 bits per heavy atom. The van der Waals surface area contributed by atoms with E-state index in [1.807, 2.05) is 59.5 Å². The highest BCUT2D eigenvalue weighted by Crippen LogP contribution is 2.38. The lowest BCUT2D eigenvalue weighted by atomic mass is 10.0. The number of nitrogens with zero attached hydrogens (tertiary/aromatic N) is 1. The van der Waals surface area contributed by atoms with Crippen molar-refractivity contribution in [1.29, 1.82) is 0 Å². The molecule has 214 valence electrons. The van der Waals surface area contributed by atoms with Crippen LogP contribution in [-0.4, -0.2) is 48.3 Å². The summed E-state index contributed by atoms with van der Waals surface area (Å²) in [7, 11) is 0. The largest absolute Gasteiger partial charge is 0.508 e. The van der Waals surface area contributed by atoms with Crippen molar-refractivity contribution in [2.24, 2.45) is 5.92 Å². The van der Waals surface area contributed by atoms with Crippen LogP contribution in [0, 0.1) is 5.92 Å². The molecule has 1 aliphatic carbocycles. The summed E-state index contributed by atoms with van der Waals surface area (Å²) in [4.78, 5) is 24.1. The van der Waals surface area contributed by atoms with E-state index in [9.17, 15) is 9.59 Å². The van der Waals surface area contributed by atoms with Gasteiger partial charge in [-0.2, -0.15) is 0 Å². The van der Waals surface area contributed by atoms with Gasteiger partial charge in [-0.1, -0.05) is 60.7 Å². The van der Waals surface area contributed by atoms with Gasteiger partial charge in [0.1, 0.15) is 5.75 Å². The summed E-state index contributed by atoms with van der Waals surface area (Å²) >= 11 is 0. The topological polar surface area (TPSA) is 106 Å². The number of ether oxygens (including phenoxy) is 3. The maximum atomic E-state index is 11.2. The molecule has 8 nitrogen and oxygen atoms in total. The van der Waals surface area contributed by atoms with Crippen molar-refractivity contribution in [3.8, 4) is 11.5 Å². The summed E-state index contributed by atoms with van der Waals surface area (Å²) in [5.41, 5.74) is 5.50. The fourth-order valence-electron chi connectivity index (χ4n) is 5.58. The summed E-state index contributed by atoms with van der Waals surface area (Å²) in [6, 6.07) is 22.3. The Morgan fingerprint density at radius 1 is 0.927 bits per heavy atom. The highest BCUT2D eigenvalue weighted by molar-refractivity contribution is 5.78. The van der Waals surface area contributed by atoms with Gasteiger partial charge in [-0.05, 0) is 72.9 Å². The van der Waals surface area contributed by atoms with E-state index in [1.54, 1.807) is 0 Å². The number of benzene rings is 3. The molecule has 3 aromatic carbocycles. The molecule has 0 saturated carbocycles. The molecular weight excluding hydrogens is 522 g/mol. The summed E-state index contributed by atoms with van der Waals surface area (Å²) in [6.45, 7) is 1.31. The van der Waals surface area contributed by atoms with Crippen molar-refractivity contribution in [2.75, 3.05) is 24.6 Å². The molecule has 0 radical (unpaired) electrons. The average Bonchev–Trinajstić information content (AvgIpc) is 3.37. The molecule has 2 N–H and O–H groups in total. The van der Waals surface area contributed by atoms with E-state index in [0.29, 0.717) is 31.2 Å². The molecule has 1 heterocycles. The zero-order valence-corrected chi connectivity index (χ0v) is 22.9. The molecule has 0 spiro atoms. The molecule has 5 rings (SSSR count).